The Hall–Kier alpha value is -6.53. The number of hydrogen-bond donors (Lipinski definition) is 1. The third-order valence-electron chi connectivity index (χ3n) is 9.49. The number of anilines is 1. The van der Waals surface area contributed by atoms with Crippen LogP contribution in [0.5, 0.6) is 11.5 Å². The molecule has 9 nitrogen and oxygen atoms in total. The van der Waals surface area contributed by atoms with Gasteiger partial charge in [0.25, 0.3) is 5.91 Å². The lowest BCUT2D eigenvalue weighted by Crippen LogP contribution is -2.47. The van der Waals surface area contributed by atoms with E-state index in [-0.39, 0.29) is 29.6 Å². The molecule has 0 spiro atoms. The number of ether oxygens (including phenoxy) is 2. The summed E-state index contributed by atoms with van der Waals surface area (Å²) < 4.78 is 11.8. The van der Waals surface area contributed by atoms with Crippen LogP contribution in [-0.4, -0.2) is 36.5 Å². The van der Waals surface area contributed by atoms with Gasteiger partial charge in [0.05, 0.1) is 59.6 Å². The van der Waals surface area contributed by atoms with Crippen molar-refractivity contribution in [2.24, 2.45) is 22.0 Å². The fourth-order valence-electron chi connectivity index (χ4n) is 7.14. The minimum absolute atomic E-state index is 0.0453. The van der Waals surface area contributed by atoms with Gasteiger partial charge in [0.15, 0.2) is 0 Å². The van der Waals surface area contributed by atoms with Crippen LogP contribution >= 0.6 is 0 Å². The summed E-state index contributed by atoms with van der Waals surface area (Å²) in [7, 11) is 0. The fourth-order valence-corrected chi connectivity index (χ4v) is 7.14. The van der Waals surface area contributed by atoms with Gasteiger partial charge >= 0.3 is 0 Å². The van der Waals surface area contributed by atoms with Gasteiger partial charge in [-0.1, -0.05) is 97.1 Å². The van der Waals surface area contributed by atoms with Crippen LogP contribution in [0.3, 0.4) is 0 Å². The van der Waals surface area contributed by atoms with Gasteiger partial charge in [-0.3, -0.25) is 9.59 Å². The predicted molar refractivity (Wildman–Crippen MR) is 189 cm³/mol. The summed E-state index contributed by atoms with van der Waals surface area (Å²) in [5.74, 6) is 0.429. The highest BCUT2D eigenvalue weighted by Crippen LogP contribution is 2.41. The lowest BCUT2D eigenvalue weighted by molar-refractivity contribution is -0.124. The zero-order valence-electron chi connectivity index (χ0n) is 26.8. The van der Waals surface area contributed by atoms with Crippen LogP contribution < -0.4 is 19.9 Å². The van der Waals surface area contributed by atoms with Crippen molar-refractivity contribution in [2.45, 2.75) is 11.8 Å². The number of fused-ring (bicyclic) bond motifs is 6. The first-order valence-corrected chi connectivity index (χ1v) is 16.5. The summed E-state index contributed by atoms with van der Waals surface area (Å²) in [6.07, 6.45) is 0. The second kappa shape index (κ2) is 13.2. The van der Waals surface area contributed by atoms with E-state index in [0.29, 0.717) is 24.5 Å². The van der Waals surface area contributed by atoms with Crippen molar-refractivity contribution in [1.29, 1.82) is 5.26 Å². The Morgan fingerprint density at radius 1 is 0.640 bits per heavy atom. The molecular weight excluding hydrogens is 626 g/mol. The molecule has 4 aliphatic heterocycles. The number of carbonyl (C=O) groups excluding carboxylic acids is 2. The molecule has 4 aliphatic rings. The minimum atomic E-state index is -0.441. The number of nitriles is 1. The molecule has 5 aromatic carbocycles. The van der Waals surface area contributed by atoms with Crippen LogP contribution in [0.15, 0.2) is 144 Å². The zero-order valence-corrected chi connectivity index (χ0v) is 26.8. The van der Waals surface area contributed by atoms with E-state index >= 15 is 0 Å². The van der Waals surface area contributed by atoms with Crippen molar-refractivity contribution in [3.63, 3.8) is 0 Å². The second-order valence-corrected chi connectivity index (χ2v) is 12.3. The van der Waals surface area contributed by atoms with E-state index in [4.69, 9.17) is 14.6 Å². The molecular formula is C41H31N5O4. The number of amides is 2. The Morgan fingerprint density at radius 3 is 1.80 bits per heavy atom. The number of hydrazone groups is 2. The lowest BCUT2D eigenvalue weighted by atomic mass is 9.78. The summed E-state index contributed by atoms with van der Waals surface area (Å²) in [6, 6.07) is 44.3. The van der Waals surface area contributed by atoms with E-state index in [9.17, 15) is 14.9 Å². The lowest BCUT2D eigenvalue weighted by Gasteiger charge is -2.38. The zero-order chi connectivity index (χ0) is 34.0. The predicted octanol–water partition coefficient (Wildman–Crippen LogP) is 6.41. The molecule has 0 radical (unpaired) electrons. The first kappa shape index (κ1) is 30.8. The van der Waals surface area contributed by atoms with Crippen LogP contribution in [0.4, 0.5) is 5.69 Å². The summed E-state index contributed by atoms with van der Waals surface area (Å²) in [5, 5.41) is 20.0. The Bertz CT molecular complexity index is 2190. The minimum Gasteiger partial charge on any atom is -0.492 e. The monoisotopic (exact) mass is 657 g/mol. The van der Waals surface area contributed by atoms with Crippen molar-refractivity contribution in [1.82, 2.24) is 5.43 Å². The molecule has 0 fully saturated rings. The number of nitrogens with one attached hydrogen (secondary N) is 1. The molecule has 0 bridgehead atoms. The van der Waals surface area contributed by atoms with E-state index in [0.717, 1.165) is 45.2 Å². The average Bonchev–Trinajstić information content (AvgIpc) is 3.18. The first-order valence-electron chi connectivity index (χ1n) is 16.5. The van der Waals surface area contributed by atoms with E-state index < -0.39 is 5.92 Å². The second-order valence-electron chi connectivity index (χ2n) is 12.3. The number of hydrogen-bond acceptors (Lipinski definition) is 7. The SMILES string of the molecule is N#Cc1ccccc1N1N=C2c3ccccc3OCC2C(c2ccccc2)C1=O.O=C1NN=C2c3ccccc3OCC2C1c1ccccc1. The molecule has 9 rings (SSSR count). The molecule has 0 saturated carbocycles. The highest BCUT2D eigenvalue weighted by molar-refractivity contribution is 6.15. The standard InChI is InChI=1S/C24H17N3O2.C17H14N2O2/c25-14-17-10-4-6-12-20(17)27-24(28)22(16-8-2-1-3-9-16)19-15-29-21-13-7-5-11-18(21)23(19)26-27;20-17-15(11-6-2-1-3-7-11)13-10-21-14-9-5-4-8-12(14)16(13)18-19-17/h1-13,19,22H,15H2;1-9,13,15H,10H2,(H,19,20). The maximum atomic E-state index is 13.6. The Morgan fingerprint density at radius 2 is 1.16 bits per heavy atom. The summed E-state index contributed by atoms with van der Waals surface area (Å²) in [4.78, 5) is 25.9. The summed E-state index contributed by atoms with van der Waals surface area (Å²) >= 11 is 0. The summed E-state index contributed by atoms with van der Waals surface area (Å²) in [5.41, 5.74) is 9.06. The maximum Gasteiger partial charge on any atom is 0.255 e. The molecule has 2 amide bonds. The topological polar surface area (TPSA) is 116 Å². The van der Waals surface area contributed by atoms with Crippen LogP contribution in [0, 0.1) is 23.2 Å². The highest BCUT2D eigenvalue weighted by atomic mass is 16.5. The largest absolute Gasteiger partial charge is 0.492 e. The third-order valence-corrected chi connectivity index (χ3v) is 9.49. The molecule has 4 unspecified atom stereocenters. The van der Waals surface area contributed by atoms with Gasteiger partial charge in [0, 0.05) is 11.1 Å². The van der Waals surface area contributed by atoms with Gasteiger partial charge in [-0.2, -0.15) is 20.5 Å². The Balaban J connectivity index is 0.000000152. The molecule has 0 saturated heterocycles. The smallest absolute Gasteiger partial charge is 0.255 e. The van der Waals surface area contributed by atoms with Crippen LogP contribution in [0.25, 0.3) is 0 Å². The van der Waals surface area contributed by atoms with Crippen molar-refractivity contribution < 1.29 is 19.1 Å². The number of nitrogens with zero attached hydrogens (tertiary/aromatic N) is 4. The molecule has 50 heavy (non-hydrogen) atoms. The normalized spacial score (nSPS) is 21.4. The van der Waals surface area contributed by atoms with Crippen LogP contribution in [0.1, 0.15) is 39.7 Å². The Labute approximate surface area is 289 Å². The van der Waals surface area contributed by atoms with Gasteiger partial charge in [0.2, 0.25) is 5.91 Å². The van der Waals surface area contributed by atoms with Gasteiger partial charge in [-0.15, -0.1) is 0 Å². The van der Waals surface area contributed by atoms with Crippen molar-refractivity contribution in [3.05, 3.63) is 161 Å². The summed E-state index contributed by atoms with van der Waals surface area (Å²) in [6.45, 7) is 0.859. The quantitative estimate of drug-likeness (QED) is 0.241. The first-order chi connectivity index (χ1) is 24.6. The van der Waals surface area contributed by atoms with Crippen molar-refractivity contribution in [2.75, 3.05) is 18.2 Å². The van der Waals surface area contributed by atoms with Gasteiger partial charge in [0.1, 0.15) is 17.6 Å². The van der Waals surface area contributed by atoms with Crippen molar-refractivity contribution in [3.8, 4) is 17.6 Å². The molecule has 4 atom stereocenters. The highest BCUT2D eigenvalue weighted by Gasteiger charge is 2.45. The van der Waals surface area contributed by atoms with Gasteiger partial charge < -0.3 is 9.47 Å². The number of carbonyl (C=O) groups is 2. The fraction of sp³-hybridized carbons (Fsp3) is 0.146. The van der Waals surface area contributed by atoms with Gasteiger partial charge in [-0.25, -0.2) is 5.43 Å². The molecule has 5 aromatic rings. The molecule has 0 aromatic heterocycles. The van der Waals surface area contributed by atoms with E-state index in [1.165, 1.54) is 5.01 Å². The van der Waals surface area contributed by atoms with E-state index in [1.54, 1.807) is 18.2 Å². The maximum absolute atomic E-state index is 13.6. The third kappa shape index (κ3) is 5.47. The molecule has 9 heteroatoms. The number of benzene rings is 5. The van der Waals surface area contributed by atoms with Crippen LogP contribution in [0.2, 0.25) is 0 Å². The van der Waals surface area contributed by atoms with Crippen molar-refractivity contribution >= 4 is 28.9 Å². The molecule has 1 N–H and O–H groups in total. The number of para-hydroxylation sites is 3. The Kier molecular flexibility index (Phi) is 8.11. The van der Waals surface area contributed by atoms with E-state index in [2.05, 4.69) is 16.6 Å². The van der Waals surface area contributed by atoms with Crippen LogP contribution in [-0.2, 0) is 9.59 Å². The van der Waals surface area contributed by atoms with E-state index in [1.807, 2.05) is 115 Å². The molecule has 0 aliphatic carbocycles. The average molecular weight is 658 g/mol. The molecule has 4 heterocycles. The number of rotatable bonds is 3. The van der Waals surface area contributed by atoms with Gasteiger partial charge in [-0.05, 0) is 47.5 Å². The molecule has 244 valence electrons.